The molecule has 4 nitrogen and oxygen atoms in total. The maximum absolute atomic E-state index is 5.75. The van der Waals surface area contributed by atoms with E-state index in [4.69, 9.17) is 18.0 Å². The van der Waals surface area contributed by atoms with Crippen molar-refractivity contribution in [1.82, 2.24) is 14.5 Å². The van der Waals surface area contributed by atoms with E-state index in [1.165, 1.54) is 24.2 Å². The summed E-state index contributed by atoms with van der Waals surface area (Å²) in [5.41, 5.74) is 8.99. The van der Waals surface area contributed by atoms with Gasteiger partial charge in [-0.15, -0.1) is 0 Å². The number of aromatic nitrogens is 3. The molecule has 18 heavy (non-hydrogen) atoms. The highest BCUT2D eigenvalue weighted by atomic mass is 32.1. The van der Waals surface area contributed by atoms with Gasteiger partial charge in [0.1, 0.15) is 17.1 Å². The number of rotatable bonds is 2. The zero-order chi connectivity index (χ0) is 12.5. The van der Waals surface area contributed by atoms with Crippen molar-refractivity contribution in [2.24, 2.45) is 5.73 Å². The standard InChI is InChI=1S/C13H14N4S/c14-12(18)9-4-3-7-15-13(9)17-8-16-10-5-1-2-6-11(10)17/h3-4,7-8H,1-2,5-6H2,(H2,14,18). The van der Waals surface area contributed by atoms with Crippen LogP contribution in [0.2, 0.25) is 0 Å². The Morgan fingerprint density at radius 1 is 1.28 bits per heavy atom. The topological polar surface area (TPSA) is 56.7 Å². The van der Waals surface area contributed by atoms with Crippen molar-refractivity contribution in [3.8, 4) is 5.82 Å². The monoisotopic (exact) mass is 258 g/mol. The first kappa shape index (κ1) is 11.3. The molecule has 2 N–H and O–H groups in total. The maximum Gasteiger partial charge on any atom is 0.148 e. The minimum atomic E-state index is 0.372. The second kappa shape index (κ2) is 4.49. The van der Waals surface area contributed by atoms with Crippen molar-refractivity contribution >= 4 is 17.2 Å². The fourth-order valence-electron chi connectivity index (χ4n) is 2.43. The third-order valence-corrected chi connectivity index (χ3v) is 3.53. The summed E-state index contributed by atoms with van der Waals surface area (Å²) in [6.45, 7) is 0. The lowest BCUT2D eigenvalue weighted by atomic mass is 10.0. The highest BCUT2D eigenvalue weighted by Gasteiger charge is 2.18. The average Bonchev–Trinajstić information content (AvgIpc) is 2.82. The van der Waals surface area contributed by atoms with E-state index < -0.39 is 0 Å². The third-order valence-electron chi connectivity index (χ3n) is 3.31. The molecule has 0 aromatic carbocycles. The molecular weight excluding hydrogens is 244 g/mol. The Bertz CT molecular complexity index is 603. The second-order valence-electron chi connectivity index (χ2n) is 4.45. The summed E-state index contributed by atoms with van der Waals surface area (Å²) in [5.74, 6) is 0.792. The van der Waals surface area contributed by atoms with E-state index in [0.29, 0.717) is 4.99 Å². The number of nitrogens with zero attached hydrogens (tertiary/aromatic N) is 3. The normalized spacial score (nSPS) is 14.2. The molecule has 3 rings (SSSR count). The predicted molar refractivity (Wildman–Crippen MR) is 73.9 cm³/mol. The van der Waals surface area contributed by atoms with Gasteiger partial charge in [-0.1, -0.05) is 12.2 Å². The summed E-state index contributed by atoms with van der Waals surface area (Å²) in [4.78, 5) is 9.25. The number of hydrogen-bond acceptors (Lipinski definition) is 3. The summed E-state index contributed by atoms with van der Waals surface area (Å²) in [6, 6.07) is 3.75. The van der Waals surface area contributed by atoms with Crippen LogP contribution in [0.15, 0.2) is 24.7 Å². The van der Waals surface area contributed by atoms with Gasteiger partial charge in [-0.25, -0.2) is 9.97 Å². The number of aryl methyl sites for hydroxylation is 1. The van der Waals surface area contributed by atoms with Crippen LogP contribution >= 0.6 is 12.2 Å². The molecule has 0 fully saturated rings. The SMILES string of the molecule is NC(=S)c1cccnc1-n1cnc2c1CCCC2. The Kier molecular flexibility index (Phi) is 2.83. The molecule has 0 spiro atoms. The van der Waals surface area contributed by atoms with E-state index in [0.717, 1.165) is 24.2 Å². The van der Waals surface area contributed by atoms with Gasteiger partial charge in [-0.05, 0) is 37.8 Å². The predicted octanol–water partition coefficient (Wildman–Crippen LogP) is 1.78. The Hall–Kier alpha value is -1.75. The Labute approximate surface area is 111 Å². The van der Waals surface area contributed by atoms with Gasteiger partial charge in [0.25, 0.3) is 0 Å². The molecule has 1 aliphatic rings. The van der Waals surface area contributed by atoms with Gasteiger partial charge in [0.2, 0.25) is 0 Å². The van der Waals surface area contributed by atoms with Crippen LogP contribution < -0.4 is 5.73 Å². The molecule has 2 heterocycles. The summed E-state index contributed by atoms with van der Waals surface area (Å²) in [5, 5.41) is 0. The summed E-state index contributed by atoms with van der Waals surface area (Å²) in [6.07, 6.45) is 8.11. The average molecular weight is 258 g/mol. The van der Waals surface area contributed by atoms with E-state index in [1.54, 1.807) is 6.20 Å². The molecule has 92 valence electrons. The van der Waals surface area contributed by atoms with Crippen LogP contribution in [0.4, 0.5) is 0 Å². The zero-order valence-corrected chi connectivity index (χ0v) is 10.8. The van der Waals surface area contributed by atoms with Crippen molar-refractivity contribution < 1.29 is 0 Å². The zero-order valence-electron chi connectivity index (χ0n) is 9.97. The first-order valence-electron chi connectivity index (χ1n) is 6.07. The summed E-state index contributed by atoms with van der Waals surface area (Å²) in [7, 11) is 0. The van der Waals surface area contributed by atoms with Gasteiger partial charge in [0, 0.05) is 11.9 Å². The van der Waals surface area contributed by atoms with E-state index in [1.807, 2.05) is 23.0 Å². The second-order valence-corrected chi connectivity index (χ2v) is 4.89. The summed E-state index contributed by atoms with van der Waals surface area (Å²) < 4.78 is 2.03. The quantitative estimate of drug-likeness (QED) is 0.834. The molecule has 0 bridgehead atoms. The van der Waals surface area contributed by atoms with Gasteiger partial charge >= 0.3 is 0 Å². The number of fused-ring (bicyclic) bond motifs is 1. The van der Waals surface area contributed by atoms with Crippen LogP contribution in [0.25, 0.3) is 5.82 Å². The Morgan fingerprint density at radius 3 is 2.94 bits per heavy atom. The van der Waals surface area contributed by atoms with Crippen molar-refractivity contribution in [3.63, 3.8) is 0 Å². The van der Waals surface area contributed by atoms with Crippen molar-refractivity contribution in [2.75, 3.05) is 0 Å². The molecule has 0 amide bonds. The van der Waals surface area contributed by atoms with Gasteiger partial charge in [-0.3, -0.25) is 4.57 Å². The number of pyridine rings is 1. The van der Waals surface area contributed by atoms with Crippen molar-refractivity contribution in [3.05, 3.63) is 41.6 Å². The lowest BCUT2D eigenvalue weighted by molar-refractivity contribution is 0.654. The lowest BCUT2D eigenvalue weighted by Crippen LogP contribution is -2.16. The molecular formula is C13H14N4S. The van der Waals surface area contributed by atoms with E-state index in [9.17, 15) is 0 Å². The van der Waals surface area contributed by atoms with Crippen molar-refractivity contribution in [1.29, 1.82) is 0 Å². The molecule has 0 radical (unpaired) electrons. The fraction of sp³-hybridized carbons (Fsp3) is 0.308. The number of nitrogens with two attached hydrogens (primary N) is 1. The minimum absolute atomic E-state index is 0.372. The molecule has 1 aliphatic carbocycles. The van der Waals surface area contributed by atoms with Crippen LogP contribution in [0.3, 0.4) is 0 Å². The molecule has 0 saturated carbocycles. The molecule has 0 saturated heterocycles. The number of thiocarbonyl (C=S) groups is 1. The maximum atomic E-state index is 5.75. The first-order valence-corrected chi connectivity index (χ1v) is 6.48. The number of imidazole rings is 1. The fourth-order valence-corrected chi connectivity index (χ4v) is 2.59. The van der Waals surface area contributed by atoms with Gasteiger partial charge in [-0.2, -0.15) is 0 Å². The van der Waals surface area contributed by atoms with E-state index >= 15 is 0 Å². The largest absolute Gasteiger partial charge is 0.389 e. The van der Waals surface area contributed by atoms with Crippen LogP contribution in [0.5, 0.6) is 0 Å². The smallest absolute Gasteiger partial charge is 0.148 e. The lowest BCUT2D eigenvalue weighted by Gasteiger charge is -2.15. The number of hydrogen-bond donors (Lipinski definition) is 1. The van der Waals surface area contributed by atoms with Gasteiger partial charge in [0.15, 0.2) is 0 Å². The Balaban J connectivity index is 2.15. The minimum Gasteiger partial charge on any atom is -0.389 e. The highest BCUT2D eigenvalue weighted by molar-refractivity contribution is 7.80. The van der Waals surface area contributed by atoms with Gasteiger partial charge < -0.3 is 5.73 Å². The Morgan fingerprint density at radius 2 is 2.11 bits per heavy atom. The van der Waals surface area contributed by atoms with Crippen LogP contribution in [0.1, 0.15) is 29.8 Å². The molecule has 0 atom stereocenters. The summed E-state index contributed by atoms with van der Waals surface area (Å²) >= 11 is 5.08. The molecule has 2 aromatic heterocycles. The van der Waals surface area contributed by atoms with Crippen LogP contribution in [-0.2, 0) is 12.8 Å². The molecule has 2 aromatic rings. The third kappa shape index (κ3) is 1.80. The molecule has 0 aliphatic heterocycles. The highest BCUT2D eigenvalue weighted by Crippen LogP contribution is 2.23. The first-order chi connectivity index (χ1) is 8.77. The van der Waals surface area contributed by atoms with Crippen LogP contribution in [0, 0.1) is 0 Å². The van der Waals surface area contributed by atoms with E-state index in [-0.39, 0.29) is 0 Å². The van der Waals surface area contributed by atoms with Crippen LogP contribution in [-0.4, -0.2) is 19.5 Å². The van der Waals surface area contributed by atoms with Gasteiger partial charge in [0.05, 0.1) is 11.3 Å². The molecule has 0 unspecified atom stereocenters. The van der Waals surface area contributed by atoms with E-state index in [2.05, 4.69) is 9.97 Å². The molecule has 5 heteroatoms. The van der Waals surface area contributed by atoms with Crippen molar-refractivity contribution in [2.45, 2.75) is 25.7 Å².